The highest BCUT2D eigenvalue weighted by atomic mass is 16.6. The first-order valence-electron chi connectivity index (χ1n) is 4.68. The van der Waals surface area contributed by atoms with Crippen LogP contribution in [0.15, 0.2) is 12.1 Å². The van der Waals surface area contributed by atoms with Crippen molar-refractivity contribution in [1.29, 1.82) is 0 Å². The van der Waals surface area contributed by atoms with Crippen molar-refractivity contribution in [3.63, 3.8) is 0 Å². The molecular formula is C11H17NO2. The van der Waals surface area contributed by atoms with Crippen molar-refractivity contribution in [1.82, 2.24) is 0 Å². The predicted octanol–water partition coefficient (Wildman–Crippen LogP) is 1.88. The molecule has 0 saturated heterocycles. The Morgan fingerprint density at radius 2 is 1.71 bits per heavy atom. The topological polar surface area (TPSA) is 44.5 Å². The minimum Gasteiger partial charge on any atom is -0.491 e. The molecule has 0 heterocycles. The Hall–Kier alpha value is -1.06. The summed E-state index contributed by atoms with van der Waals surface area (Å²) in [5.41, 5.74) is 3.56. The van der Waals surface area contributed by atoms with Crippen LogP contribution in [0.1, 0.15) is 16.7 Å². The lowest BCUT2D eigenvalue weighted by atomic mass is 10.1. The second-order valence-electron chi connectivity index (χ2n) is 3.37. The Balaban J connectivity index is 2.79. The molecule has 0 aromatic heterocycles. The molecule has 0 aliphatic carbocycles. The molecule has 0 atom stereocenters. The molecular weight excluding hydrogens is 178 g/mol. The summed E-state index contributed by atoms with van der Waals surface area (Å²) < 4.78 is 5.58. The number of aryl methyl sites for hydroxylation is 2. The third-order valence-corrected chi connectivity index (χ3v) is 2.32. The van der Waals surface area contributed by atoms with E-state index in [-0.39, 0.29) is 0 Å². The Morgan fingerprint density at radius 1 is 1.07 bits per heavy atom. The quantitative estimate of drug-likeness (QED) is 0.589. The second kappa shape index (κ2) is 4.98. The number of rotatable bonds is 4. The Labute approximate surface area is 84.8 Å². The van der Waals surface area contributed by atoms with Gasteiger partial charge in [-0.1, -0.05) is 12.1 Å². The van der Waals surface area contributed by atoms with Crippen molar-refractivity contribution in [2.75, 3.05) is 13.2 Å². The first-order valence-corrected chi connectivity index (χ1v) is 4.68. The predicted molar refractivity (Wildman–Crippen MR) is 56.3 cm³/mol. The maximum Gasteiger partial charge on any atom is 0.125 e. The van der Waals surface area contributed by atoms with E-state index < -0.39 is 0 Å². The maximum absolute atomic E-state index is 5.58. The summed E-state index contributed by atoms with van der Waals surface area (Å²) in [5.74, 6) is 5.87. The standard InChI is InChI=1S/C11H17NO2/c1-8-4-5-9(2)11(10(8)3)13-6-7-14-12/h4-5H,6-7,12H2,1-3H3. The van der Waals surface area contributed by atoms with Crippen molar-refractivity contribution in [3.8, 4) is 5.75 Å². The van der Waals surface area contributed by atoms with E-state index in [2.05, 4.69) is 30.8 Å². The fourth-order valence-electron chi connectivity index (χ4n) is 1.34. The van der Waals surface area contributed by atoms with Gasteiger partial charge in [-0.25, -0.2) is 5.90 Å². The van der Waals surface area contributed by atoms with Crippen LogP contribution in [0.2, 0.25) is 0 Å². The first kappa shape index (κ1) is 11.0. The zero-order valence-corrected chi connectivity index (χ0v) is 8.96. The van der Waals surface area contributed by atoms with Crippen LogP contribution in [0.25, 0.3) is 0 Å². The van der Waals surface area contributed by atoms with Gasteiger partial charge in [0, 0.05) is 0 Å². The first-order chi connectivity index (χ1) is 6.66. The summed E-state index contributed by atoms with van der Waals surface area (Å²) in [6.45, 7) is 7.06. The van der Waals surface area contributed by atoms with E-state index in [1.54, 1.807) is 0 Å². The van der Waals surface area contributed by atoms with Gasteiger partial charge < -0.3 is 9.57 Å². The maximum atomic E-state index is 5.58. The highest BCUT2D eigenvalue weighted by Gasteiger charge is 2.05. The van der Waals surface area contributed by atoms with Crippen molar-refractivity contribution in [3.05, 3.63) is 28.8 Å². The summed E-state index contributed by atoms with van der Waals surface area (Å²) in [5, 5.41) is 0. The fraction of sp³-hybridized carbons (Fsp3) is 0.455. The van der Waals surface area contributed by atoms with Gasteiger partial charge in [0.1, 0.15) is 19.0 Å². The summed E-state index contributed by atoms with van der Waals surface area (Å²) >= 11 is 0. The van der Waals surface area contributed by atoms with Gasteiger partial charge in [-0.15, -0.1) is 0 Å². The average Bonchev–Trinajstić information content (AvgIpc) is 2.18. The third kappa shape index (κ3) is 2.47. The highest BCUT2D eigenvalue weighted by molar-refractivity contribution is 5.44. The molecule has 1 rings (SSSR count). The molecule has 2 N–H and O–H groups in total. The number of benzene rings is 1. The van der Waals surface area contributed by atoms with Gasteiger partial charge in [0.15, 0.2) is 0 Å². The highest BCUT2D eigenvalue weighted by Crippen LogP contribution is 2.25. The minimum atomic E-state index is 0.410. The van der Waals surface area contributed by atoms with Crippen LogP contribution in [0.5, 0.6) is 5.75 Å². The molecule has 3 heteroatoms. The van der Waals surface area contributed by atoms with E-state index >= 15 is 0 Å². The van der Waals surface area contributed by atoms with Crippen LogP contribution in [-0.2, 0) is 4.84 Å². The largest absolute Gasteiger partial charge is 0.491 e. The molecule has 1 aromatic rings. The van der Waals surface area contributed by atoms with Gasteiger partial charge in [0.05, 0.1) is 0 Å². The van der Waals surface area contributed by atoms with Gasteiger partial charge in [-0.2, -0.15) is 0 Å². The van der Waals surface area contributed by atoms with Crippen LogP contribution in [0, 0.1) is 20.8 Å². The van der Waals surface area contributed by atoms with Crippen molar-refractivity contribution in [2.24, 2.45) is 5.90 Å². The number of ether oxygens (including phenoxy) is 1. The molecule has 0 unspecified atom stereocenters. The van der Waals surface area contributed by atoms with Crippen LogP contribution >= 0.6 is 0 Å². The van der Waals surface area contributed by atoms with Gasteiger partial charge in [0.2, 0.25) is 0 Å². The molecule has 0 saturated carbocycles. The van der Waals surface area contributed by atoms with E-state index in [9.17, 15) is 0 Å². The van der Waals surface area contributed by atoms with Crippen LogP contribution in [0.4, 0.5) is 0 Å². The smallest absolute Gasteiger partial charge is 0.125 e. The summed E-state index contributed by atoms with van der Waals surface area (Å²) in [4.78, 5) is 4.45. The molecule has 0 fully saturated rings. The fourth-order valence-corrected chi connectivity index (χ4v) is 1.34. The molecule has 3 nitrogen and oxygen atoms in total. The summed E-state index contributed by atoms with van der Waals surface area (Å²) in [6, 6.07) is 4.15. The monoisotopic (exact) mass is 195 g/mol. The lowest BCUT2D eigenvalue weighted by Crippen LogP contribution is -2.11. The Bertz CT molecular complexity index is 310. The van der Waals surface area contributed by atoms with Crippen LogP contribution in [0.3, 0.4) is 0 Å². The number of nitrogens with two attached hydrogens (primary N) is 1. The van der Waals surface area contributed by atoms with Gasteiger partial charge in [-0.3, -0.25) is 0 Å². The Morgan fingerprint density at radius 3 is 2.36 bits per heavy atom. The van der Waals surface area contributed by atoms with Gasteiger partial charge in [0.25, 0.3) is 0 Å². The SMILES string of the molecule is Cc1ccc(C)c(OCCON)c1C. The lowest BCUT2D eigenvalue weighted by molar-refractivity contribution is 0.101. The Kier molecular flexibility index (Phi) is 3.92. The van der Waals surface area contributed by atoms with Crippen LogP contribution < -0.4 is 10.6 Å². The van der Waals surface area contributed by atoms with Crippen LogP contribution in [-0.4, -0.2) is 13.2 Å². The van der Waals surface area contributed by atoms with Crippen molar-refractivity contribution in [2.45, 2.75) is 20.8 Å². The molecule has 0 aliphatic heterocycles. The van der Waals surface area contributed by atoms with Crippen molar-refractivity contribution >= 4 is 0 Å². The molecule has 0 aliphatic rings. The number of hydrogen-bond acceptors (Lipinski definition) is 3. The average molecular weight is 195 g/mol. The summed E-state index contributed by atoms with van der Waals surface area (Å²) in [6.07, 6.45) is 0. The van der Waals surface area contributed by atoms with E-state index in [1.165, 1.54) is 11.1 Å². The zero-order valence-electron chi connectivity index (χ0n) is 8.96. The van der Waals surface area contributed by atoms with E-state index in [1.807, 2.05) is 6.92 Å². The third-order valence-electron chi connectivity index (χ3n) is 2.32. The molecule has 0 amide bonds. The lowest BCUT2D eigenvalue weighted by Gasteiger charge is -2.13. The number of hydrogen-bond donors (Lipinski definition) is 1. The van der Waals surface area contributed by atoms with E-state index in [0.29, 0.717) is 13.2 Å². The molecule has 78 valence electrons. The minimum absolute atomic E-state index is 0.410. The van der Waals surface area contributed by atoms with Crippen molar-refractivity contribution < 1.29 is 9.57 Å². The van der Waals surface area contributed by atoms with Gasteiger partial charge in [-0.05, 0) is 37.5 Å². The second-order valence-corrected chi connectivity index (χ2v) is 3.37. The zero-order chi connectivity index (χ0) is 10.6. The molecule has 14 heavy (non-hydrogen) atoms. The molecule has 1 aromatic carbocycles. The normalized spacial score (nSPS) is 10.3. The molecule has 0 spiro atoms. The van der Waals surface area contributed by atoms with E-state index in [0.717, 1.165) is 11.3 Å². The molecule has 0 radical (unpaired) electrons. The molecule has 0 bridgehead atoms. The summed E-state index contributed by atoms with van der Waals surface area (Å²) in [7, 11) is 0. The van der Waals surface area contributed by atoms with Gasteiger partial charge >= 0.3 is 0 Å². The van der Waals surface area contributed by atoms with E-state index in [4.69, 9.17) is 10.6 Å².